The van der Waals surface area contributed by atoms with Gasteiger partial charge in [0.2, 0.25) is 5.91 Å². The highest BCUT2D eigenvalue weighted by molar-refractivity contribution is 6.34. The summed E-state index contributed by atoms with van der Waals surface area (Å²) in [4.78, 5) is 23.3. The van der Waals surface area contributed by atoms with Gasteiger partial charge in [-0.1, -0.05) is 29.3 Å². The molecule has 0 radical (unpaired) electrons. The molecular formula is C16H16ClN3O2. The Hall–Kier alpha value is -2.37. The predicted octanol–water partition coefficient (Wildman–Crippen LogP) is 2.80. The molecule has 2 aromatic rings. The molecule has 5 nitrogen and oxygen atoms in total. The molecule has 114 valence electrons. The minimum absolute atomic E-state index is 0.108. The van der Waals surface area contributed by atoms with Gasteiger partial charge in [0, 0.05) is 11.3 Å². The van der Waals surface area contributed by atoms with E-state index in [1.807, 2.05) is 19.1 Å². The minimum atomic E-state index is -0.312. The number of aryl methyl sites for hydroxylation is 1. The van der Waals surface area contributed by atoms with Gasteiger partial charge in [0.15, 0.2) is 0 Å². The van der Waals surface area contributed by atoms with Crippen molar-refractivity contribution in [1.29, 1.82) is 0 Å². The maximum absolute atomic E-state index is 12.1. The van der Waals surface area contributed by atoms with Crippen LogP contribution in [0.5, 0.6) is 0 Å². The molecule has 2 rings (SSSR count). The molecule has 2 aromatic carbocycles. The highest BCUT2D eigenvalue weighted by Crippen LogP contribution is 2.26. The van der Waals surface area contributed by atoms with Gasteiger partial charge in [0.25, 0.3) is 5.91 Å². The van der Waals surface area contributed by atoms with Crippen LogP contribution in [0.4, 0.5) is 11.4 Å². The minimum Gasteiger partial charge on any atom is -0.325 e. The first-order valence-electron chi connectivity index (χ1n) is 6.67. The van der Waals surface area contributed by atoms with E-state index in [2.05, 4.69) is 10.6 Å². The number of benzene rings is 2. The molecule has 0 fully saturated rings. The lowest BCUT2D eigenvalue weighted by Gasteiger charge is -2.10. The fourth-order valence-corrected chi connectivity index (χ4v) is 2.03. The fourth-order valence-electron chi connectivity index (χ4n) is 1.81. The molecule has 2 amide bonds. The molecule has 6 heteroatoms. The quantitative estimate of drug-likeness (QED) is 0.810. The van der Waals surface area contributed by atoms with Gasteiger partial charge in [0.05, 0.1) is 17.3 Å². The molecule has 0 spiro atoms. The monoisotopic (exact) mass is 317 g/mol. The van der Waals surface area contributed by atoms with Crippen LogP contribution in [0.15, 0.2) is 42.5 Å². The molecule has 0 aromatic heterocycles. The summed E-state index contributed by atoms with van der Waals surface area (Å²) in [5.74, 6) is -0.562. The largest absolute Gasteiger partial charge is 0.325 e. The van der Waals surface area contributed by atoms with Crippen molar-refractivity contribution in [2.45, 2.75) is 6.92 Å². The number of hydrogen-bond acceptors (Lipinski definition) is 3. The molecule has 0 aliphatic heterocycles. The van der Waals surface area contributed by atoms with Crippen LogP contribution in [0.1, 0.15) is 15.9 Å². The number of halogens is 1. The first kappa shape index (κ1) is 16.0. The zero-order chi connectivity index (χ0) is 16.1. The van der Waals surface area contributed by atoms with E-state index in [9.17, 15) is 9.59 Å². The van der Waals surface area contributed by atoms with Gasteiger partial charge in [-0.2, -0.15) is 0 Å². The highest BCUT2D eigenvalue weighted by Gasteiger charge is 2.09. The van der Waals surface area contributed by atoms with E-state index in [-0.39, 0.29) is 18.4 Å². The smallest absolute Gasteiger partial charge is 0.255 e. The van der Waals surface area contributed by atoms with Gasteiger partial charge < -0.3 is 16.4 Å². The van der Waals surface area contributed by atoms with Gasteiger partial charge >= 0.3 is 0 Å². The molecule has 0 atom stereocenters. The molecule has 0 heterocycles. The van der Waals surface area contributed by atoms with Crippen LogP contribution in [0, 0.1) is 6.92 Å². The molecule has 0 unspecified atom stereocenters. The third kappa shape index (κ3) is 4.07. The number of rotatable bonds is 4. The van der Waals surface area contributed by atoms with Crippen molar-refractivity contribution in [1.82, 2.24) is 0 Å². The van der Waals surface area contributed by atoms with E-state index >= 15 is 0 Å². The van der Waals surface area contributed by atoms with Crippen molar-refractivity contribution in [3.05, 3.63) is 58.6 Å². The fraction of sp³-hybridized carbons (Fsp3) is 0.125. The summed E-state index contributed by atoms with van der Waals surface area (Å²) < 4.78 is 0. The summed E-state index contributed by atoms with van der Waals surface area (Å²) in [6.07, 6.45) is 0. The van der Waals surface area contributed by atoms with E-state index in [1.54, 1.807) is 30.3 Å². The summed E-state index contributed by atoms with van der Waals surface area (Å²) in [6, 6.07) is 12.0. The number of carbonyl (C=O) groups excluding carboxylic acids is 2. The van der Waals surface area contributed by atoms with Gasteiger partial charge in [-0.25, -0.2) is 0 Å². The number of carbonyl (C=O) groups is 2. The van der Waals surface area contributed by atoms with Gasteiger partial charge in [0.1, 0.15) is 0 Å². The Kier molecular flexibility index (Phi) is 5.14. The first-order valence-corrected chi connectivity index (χ1v) is 7.05. The van der Waals surface area contributed by atoms with Crippen molar-refractivity contribution >= 4 is 34.8 Å². The molecule has 22 heavy (non-hydrogen) atoms. The molecule has 0 saturated heterocycles. The Morgan fingerprint density at radius 3 is 2.36 bits per heavy atom. The zero-order valence-electron chi connectivity index (χ0n) is 12.0. The maximum atomic E-state index is 12.1. The molecule has 0 saturated carbocycles. The first-order chi connectivity index (χ1) is 10.5. The Labute approximate surface area is 133 Å². The second-order valence-corrected chi connectivity index (χ2v) is 5.17. The van der Waals surface area contributed by atoms with Crippen LogP contribution >= 0.6 is 11.6 Å². The van der Waals surface area contributed by atoms with Crippen molar-refractivity contribution in [3.8, 4) is 0 Å². The average molecular weight is 318 g/mol. The van der Waals surface area contributed by atoms with Crippen molar-refractivity contribution in [2.24, 2.45) is 5.73 Å². The van der Waals surface area contributed by atoms with E-state index in [1.165, 1.54) is 0 Å². The maximum Gasteiger partial charge on any atom is 0.255 e. The van der Waals surface area contributed by atoms with Crippen LogP contribution in [-0.2, 0) is 4.79 Å². The third-order valence-electron chi connectivity index (χ3n) is 3.00. The van der Waals surface area contributed by atoms with Crippen LogP contribution in [0.3, 0.4) is 0 Å². The second kappa shape index (κ2) is 7.06. The predicted molar refractivity (Wildman–Crippen MR) is 88.3 cm³/mol. The Morgan fingerprint density at radius 2 is 1.77 bits per heavy atom. The van der Waals surface area contributed by atoms with E-state index < -0.39 is 0 Å². The summed E-state index contributed by atoms with van der Waals surface area (Å²) in [6.45, 7) is 1.84. The number of nitrogens with one attached hydrogen (secondary N) is 2. The van der Waals surface area contributed by atoms with Crippen molar-refractivity contribution in [3.63, 3.8) is 0 Å². The van der Waals surface area contributed by atoms with Crippen LogP contribution in [-0.4, -0.2) is 18.4 Å². The molecule has 0 aliphatic carbocycles. The standard InChI is InChI=1S/C16H16ClN3O2/c1-10-2-4-11(5-3-10)16(22)20-14-7-6-12(8-13(14)17)19-15(21)9-18/h2-8H,9,18H2,1H3,(H,19,21)(H,20,22). The Balaban J connectivity index is 2.11. The van der Waals surface area contributed by atoms with Crippen LogP contribution in [0.2, 0.25) is 5.02 Å². The average Bonchev–Trinajstić information content (AvgIpc) is 2.50. The summed E-state index contributed by atoms with van der Waals surface area (Å²) in [5, 5.41) is 5.65. The lowest BCUT2D eigenvalue weighted by atomic mass is 10.1. The number of amides is 2. The normalized spacial score (nSPS) is 10.1. The topological polar surface area (TPSA) is 84.2 Å². The van der Waals surface area contributed by atoms with Gasteiger partial charge in [-0.3, -0.25) is 9.59 Å². The van der Waals surface area contributed by atoms with Crippen LogP contribution in [0.25, 0.3) is 0 Å². The van der Waals surface area contributed by atoms with Crippen molar-refractivity contribution in [2.75, 3.05) is 17.2 Å². The lowest BCUT2D eigenvalue weighted by molar-refractivity contribution is -0.114. The van der Waals surface area contributed by atoms with Gasteiger partial charge in [-0.15, -0.1) is 0 Å². The van der Waals surface area contributed by atoms with E-state index in [4.69, 9.17) is 17.3 Å². The number of anilines is 2. The summed E-state index contributed by atoms with van der Waals surface area (Å²) in [7, 11) is 0. The molecule has 4 N–H and O–H groups in total. The third-order valence-corrected chi connectivity index (χ3v) is 3.31. The van der Waals surface area contributed by atoms with Crippen molar-refractivity contribution < 1.29 is 9.59 Å². The lowest BCUT2D eigenvalue weighted by Crippen LogP contribution is -2.21. The second-order valence-electron chi connectivity index (χ2n) is 4.77. The summed E-state index contributed by atoms with van der Waals surface area (Å²) >= 11 is 6.12. The Bertz CT molecular complexity index is 699. The molecule has 0 aliphatic rings. The molecule has 0 bridgehead atoms. The van der Waals surface area contributed by atoms with E-state index in [0.717, 1.165) is 5.56 Å². The van der Waals surface area contributed by atoms with Crippen LogP contribution < -0.4 is 16.4 Å². The molecular weight excluding hydrogens is 302 g/mol. The van der Waals surface area contributed by atoms with Gasteiger partial charge in [-0.05, 0) is 37.3 Å². The van der Waals surface area contributed by atoms with E-state index in [0.29, 0.717) is 22.0 Å². The summed E-state index contributed by atoms with van der Waals surface area (Å²) in [5.41, 5.74) is 7.84. The number of nitrogens with two attached hydrogens (primary N) is 1. The highest BCUT2D eigenvalue weighted by atomic mass is 35.5. The number of hydrogen-bond donors (Lipinski definition) is 3. The Morgan fingerprint density at radius 1 is 1.09 bits per heavy atom. The zero-order valence-corrected chi connectivity index (χ0v) is 12.8. The SMILES string of the molecule is Cc1ccc(C(=O)Nc2ccc(NC(=O)CN)cc2Cl)cc1.